The van der Waals surface area contributed by atoms with E-state index in [1.54, 1.807) is 6.20 Å². The lowest BCUT2D eigenvalue weighted by atomic mass is 10.2. The lowest BCUT2D eigenvalue weighted by molar-refractivity contribution is 0.983. The Morgan fingerprint density at radius 1 is 1.19 bits per heavy atom. The number of nitrogens with zero attached hydrogens (tertiary/aromatic N) is 4. The van der Waals surface area contributed by atoms with E-state index in [1.165, 1.54) is 0 Å². The summed E-state index contributed by atoms with van der Waals surface area (Å²) >= 11 is 3.38. The Morgan fingerprint density at radius 2 is 2.14 bits per heavy atom. The molecule has 0 aliphatic carbocycles. The molecule has 3 aromatic heterocycles. The molecule has 0 aliphatic heterocycles. The number of H-pyrrole nitrogens is 1. The molecule has 0 saturated carbocycles. The van der Waals surface area contributed by atoms with Crippen molar-refractivity contribution in [3.05, 3.63) is 53.3 Å². The third-order valence-corrected chi connectivity index (χ3v) is 3.79. The fraction of sp³-hybridized carbons (Fsp3) is 0.0714. The van der Waals surface area contributed by atoms with E-state index in [0.29, 0.717) is 6.54 Å². The van der Waals surface area contributed by atoms with Gasteiger partial charge in [0.25, 0.3) is 0 Å². The van der Waals surface area contributed by atoms with Crippen LogP contribution < -0.4 is 5.32 Å². The van der Waals surface area contributed by atoms with Gasteiger partial charge in [0.2, 0.25) is 0 Å². The maximum Gasteiger partial charge on any atom is 0.155 e. The van der Waals surface area contributed by atoms with Gasteiger partial charge < -0.3 is 5.32 Å². The second kappa shape index (κ2) is 4.85. The number of halogens is 1. The first-order valence-corrected chi connectivity index (χ1v) is 7.24. The van der Waals surface area contributed by atoms with Gasteiger partial charge in [0.15, 0.2) is 5.65 Å². The number of rotatable bonds is 3. The van der Waals surface area contributed by atoms with E-state index in [-0.39, 0.29) is 0 Å². The van der Waals surface area contributed by atoms with Gasteiger partial charge in [-0.15, -0.1) is 0 Å². The fourth-order valence-electron chi connectivity index (χ4n) is 2.35. The quantitative estimate of drug-likeness (QED) is 0.600. The van der Waals surface area contributed by atoms with Crippen LogP contribution >= 0.6 is 15.9 Å². The summed E-state index contributed by atoms with van der Waals surface area (Å²) in [5.41, 5.74) is 3.92. The molecule has 0 bridgehead atoms. The highest BCUT2D eigenvalue weighted by molar-refractivity contribution is 9.10. The molecule has 6 nitrogen and oxygen atoms in total. The number of fused-ring (bicyclic) bond motifs is 2. The molecular formula is C14H11BrN6. The molecule has 0 unspecified atom stereocenters. The second-order valence-corrected chi connectivity index (χ2v) is 5.49. The average Bonchev–Trinajstić information content (AvgIpc) is 3.11. The summed E-state index contributed by atoms with van der Waals surface area (Å²) in [7, 11) is 0. The molecule has 0 radical (unpaired) electrons. The van der Waals surface area contributed by atoms with Gasteiger partial charge in [0, 0.05) is 11.6 Å². The van der Waals surface area contributed by atoms with Crippen molar-refractivity contribution < 1.29 is 0 Å². The van der Waals surface area contributed by atoms with Gasteiger partial charge in [-0.1, -0.05) is 12.1 Å². The van der Waals surface area contributed by atoms with Gasteiger partial charge in [0.1, 0.15) is 4.60 Å². The molecule has 1 aromatic carbocycles. The Balaban J connectivity index is 1.66. The maximum atomic E-state index is 4.34. The first-order chi connectivity index (χ1) is 10.3. The molecule has 0 fully saturated rings. The standard InChI is InChI=1S/C14H11BrN6/c15-12-8-21-10(6-18-13(21)7-17-12)5-16-11-3-1-2-9-4-19-20-14(9)11/h1-4,6-8,16H,5H2,(H,19,20). The number of aromatic nitrogens is 5. The summed E-state index contributed by atoms with van der Waals surface area (Å²) in [6, 6.07) is 6.07. The summed E-state index contributed by atoms with van der Waals surface area (Å²) in [6.07, 6.45) is 7.32. The zero-order valence-corrected chi connectivity index (χ0v) is 12.5. The normalized spacial score (nSPS) is 11.3. The predicted octanol–water partition coefficient (Wildman–Crippen LogP) is 2.98. The maximum absolute atomic E-state index is 4.34. The van der Waals surface area contributed by atoms with Crippen LogP contribution in [0.5, 0.6) is 0 Å². The highest BCUT2D eigenvalue weighted by Crippen LogP contribution is 2.21. The van der Waals surface area contributed by atoms with Crippen molar-refractivity contribution in [2.75, 3.05) is 5.32 Å². The second-order valence-electron chi connectivity index (χ2n) is 4.68. The molecule has 2 N–H and O–H groups in total. The lowest BCUT2D eigenvalue weighted by Gasteiger charge is -2.07. The molecular weight excluding hydrogens is 332 g/mol. The Bertz CT molecular complexity index is 925. The molecule has 0 amide bonds. The summed E-state index contributed by atoms with van der Waals surface area (Å²) in [5.74, 6) is 0. The van der Waals surface area contributed by atoms with Gasteiger partial charge in [-0.25, -0.2) is 9.97 Å². The number of aromatic amines is 1. The first-order valence-electron chi connectivity index (χ1n) is 6.45. The van der Waals surface area contributed by atoms with Gasteiger partial charge >= 0.3 is 0 Å². The van der Waals surface area contributed by atoms with Gasteiger partial charge in [-0.3, -0.25) is 9.50 Å². The molecule has 104 valence electrons. The van der Waals surface area contributed by atoms with E-state index in [0.717, 1.165) is 32.5 Å². The minimum absolute atomic E-state index is 0.662. The number of benzene rings is 1. The van der Waals surface area contributed by atoms with Crippen molar-refractivity contribution >= 4 is 38.2 Å². The number of hydrogen-bond donors (Lipinski definition) is 2. The van der Waals surface area contributed by atoms with Crippen molar-refractivity contribution in [1.29, 1.82) is 0 Å². The van der Waals surface area contributed by atoms with Crippen molar-refractivity contribution in [3.63, 3.8) is 0 Å². The van der Waals surface area contributed by atoms with Crippen molar-refractivity contribution in [2.24, 2.45) is 0 Å². The Hall–Kier alpha value is -2.41. The molecule has 7 heteroatoms. The van der Waals surface area contributed by atoms with Crippen LogP contribution in [0.2, 0.25) is 0 Å². The van der Waals surface area contributed by atoms with E-state index < -0.39 is 0 Å². The van der Waals surface area contributed by atoms with Crippen LogP contribution in [0.3, 0.4) is 0 Å². The van der Waals surface area contributed by atoms with E-state index in [2.05, 4.69) is 41.4 Å². The lowest BCUT2D eigenvalue weighted by Crippen LogP contribution is -2.03. The van der Waals surface area contributed by atoms with Crippen LogP contribution in [0.25, 0.3) is 16.6 Å². The smallest absolute Gasteiger partial charge is 0.155 e. The van der Waals surface area contributed by atoms with Crippen LogP contribution in [0.1, 0.15) is 5.69 Å². The van der Waals surface area contributed by atoms with Crippen molar-refractivity contribution in [1.82, 2.24) is 24.6 Å². The van der Waals surface area contributed by atoms with Crippen LogP contribution in [0.4, 0.5) is 5.69 Å². The summed E-state index contributed by atoms with van der Waals surface area (Å²) < 4.78 is 2.79. The fourth-order valence-corrected chi connectivity index (χ4v) is 2.66. The van der Waals surface area contributed by atoms with E-state index >= 15 is 0 Å². The minimum Gasteiger partial charge on any atom is -0.378 e. The average molecular weight is 343 g/mol. The summed E-state index contributed by atoms with van der Waals surface area (Å²) in [4.78, 5) is 8.52. The predicted molar refractivity (Wildman–Crippen MR) is 84.1 cm³/mol. The molecule has 0 aliphatic rings. The molecule has 0 saturated heterocycles. The first kappa shape index (κ1) is 12.3. The van der Waals surface area contributed by atoms with Gasteiger partial charge in [-0.05, 0) is 22.0 Å². The Kier molecular flexibility index (Phi) is 2.85. The topological polar surface area (TPSA) is 70.9 Å². The monoisotopic (exact) mass is 342 g/mol. The molecule has 3 heterocycles. The SMILES string of the molecule is Brc1cn2c(CNc3cccc4cn[nH]c34)cnc2cn1. The van der Waals surface area contributed by atoms with Gasteiger partial charge in [0.05, 0.1) is 42.0 Å². The molecule has 0 atom stereocenters. The third-order valence-electron chi connectivity index (χ3n) is 3.38. The molecule has 4 rings (SSSR count). The van der Waals surface area contributed by atoms with Gasteiger partial charge in [-0.2, -0.15) is 5.10 Å². The largest absolute Gasteiger partial charge is 0.378 e. The van der Waals surface area contributed by atoms with E-state index in [1.807, 2.05) is 41.2 Å². The highest BCUT2D eigenvalue weighted by Gasteiger charge is 2.06. The highest BCUT2D eigenvalue weighted by atomic mass is 79.9. The molecule has 21 heavy (non-hydrogen) atoms. The Morgan fingerprint density at radius 3 is 3.10 bits per heavy atom. The number of para-hydroxylation sites is 1. The molecule has 4 aromatic rings. The summed E-state index contributed by atoms with van der Waals surface area (Å²) in [6.45, 7) is 0.662. The zero-order chi connectivity index (χ0) is 14.2. The van der Waals surface area contributed by atoms with Crippen molar-refractivity contribution in [2.45, 2.75) is 6.54 Å². The van der Waals surface area contributed by atoms with Crippen LogP contribution in [-0.2, 0) is 6.54 Å². The number of hydrogen-bond acceptors (Lipinski definition) is 4. The van der Waals surface area contributed by atoms with Crippen molar-refractivity contribution in [3.8, 4) is 0 Å². The van der Waals surface area contributed by atoms with Crippen LogP contribution in [0, 0.1) is 0 Å². The summed E-state index contributed by atoms with van der Waals surface area (Å²) in [5, 5.41) is 11.6. The zero-order valence-electron chi connectivity index (χ0n) is 10.9. The number of imidazole rings is 1. The molecule has 0 spiro atoms. The minimum atomic E-state index is 0.662. The van der Waals surface area contributed by atoms with Crippen LogP contribution in [0.15, 0.2) is 47.6 Å². The van der Waals surface area contributed by atoms with E-state index in [4.69, 9.17) is 0 Å². The Labute approximate surface area is 128 Å². The van der Waals surface area contributed by atoms with Crippen LogP contribution in [-0.4, -0.2) is 24.6 Å². The third kappa shape index (κ3) is 2.15. The number of anilines is 1. The van der Waals surface area contributed by atoms with E-state index in [9.17, 15) is 0 Å². The number of nitrogens with one attached hydrogen (secondary N) is 2.